The molecule has 17 heavy (non-hydrogen) atoms. The van der Waals surface area contributed by atoms with Gasteiger partial charge in [0.05, 0.1) is 11.1 Å². The Kier molecular flexibility index (Phi) is 2.93. The molecular weight excluding hydrogens is 246 g/mol. The van der Waals surface area contributed by atoms with Crippen molar-refractivity contribution >= 4 is 29.2 Å². The van der Waals surface area contributed by atoms with Gasteiger partial charge in [0.1, 0.15) is 5.56 Å². The van der Waals surface area contributed by atoms with Crippen LogP contribution in [0.2, 0.25) is 0 Å². The Morgan fingerprint density at radius 1 is 1.47 bits per heavy atom. The first-order chi connectivity index (χ1) is 8.00. The minimum atomic E-state index is -1.24. The second kappa shape index (κ2) is 4.25. The number of carboxylic acids is 1. The topological polar surface area (TPSA) is 77.8 Å². The largest absolute Gasteiger partial charge is 0.505 e. The number of phenols is 1. The molecule has 1 fully saturated rings. The van der Waals surface area contributed by atoms with E-state index in [9.17, 15) is 14.7 Å². The number of carbonyl (C=O) groups is 2. The van der Waals surface area contributed by atoms with E-state index in [2.05, 4.69) is 0 Å². The van der Waals surface area contributed by atoms with Crippen LogP contribution in [0.3, 0.4) is 0 Å². The van der Waals surface area contributed by atoms with Crippen molar-refractivity contribution in [1.82, 2.24) is 0 Å². The fraction of sp³-hybridized carbons (Fsp3) is 0.273. The third kappa shape index (κ3) is 2.06. The van der Waals surface area contributed by atoms with Crippen LogP contribution in [0, 0.1) is 0 Å². The summed E-state index contributed by atoms with van der Waals surface area (Å²) in [6.07, 6.45) is 0.193. The summed E-state index contributed by atoms with van der Waals surface area (Å²) in [5.41, 5.74) is -0.0358. The van der Waals surface area contributed by atoms with Gasteiger partial charge in [0, 0.05) is 13.0 Å². The molecule has 1 aliphatic heterocycles. The van der Waals surface area contributed by atoms with Gasteiger partial charge < -0.3 is 15.1 Å². The molecule has 1 aromatic rings. The number of aromatic hydroxyl groups is 1. The van der Waals surface area contributed by atoms with Crippen molar-refractivity contribution in [2.45, 2.75) is 11.8 Å². The average molecular weight is 256 g/mol. The zero-order valence-electron chi connectivity index (χ0n) is 8.76. The quantitative estimate of drug-likeness (QED) is 0.784. The first-order valence-corrected chi connectivity index (χ1v) is 5.44. The number of aromatic carboxylic acids is 1. The number of hydrogen-bond acceptors (Lipinski definition) is 3. The first kappa shape index (κ1) is 11.7. The van der Waals surface area contributed by atoms with E-state index in [4.69, 9.17) is 16.7 Å². The number of para-hydroxylation sites is 1. The van der Waals surface area contributed by atoms with Crippen molar-refractivity contribution in [3.05, 3.63) is 23.8 Å². The van der Waals surface area contributed by atoms with E-state index in [1.165, 1.54) is 23.1 Å². The molecule has 1 atom stereocenters. The second-order valence-corrected chi connectivity index (χ2v) is 4.40. The number of amides is 1. The molecule has 6 heteroatoms. The molecule has 0 spiro atoms. The summed E-state index contributed by atoms with van der Waals surface area (Å²) in [5, 5.41) is 18.4. The number of alkyl halides is 1. The second-order valence-electron chi connectivity index (χ2n) is 3.78. The van der Waals surface area contributed by atoms with Gasteiger partial charge in [-0.05, 0) is 12.1 Å². The summed E-state index contributed by atoms with van der Waals surface area (Å²) in [6.45, 7) is 0.275. The van der Waals surface area contributed by atoms with Crippen LogP contribution in [0.5, 0.6) is 5.75 Å². The summed E-state index contributed by atoms with van der Waals surface area (Å²) in [5.74, 6) is -1.86. The monoisotopic (exact) mass is 255 g/mol. The van der Waals surface area contributed by atoms with Crippen molar-refractivity contribution in [2.24, 2.45) is 0 Å². The van der Waals surface area contributed by atoms with Gasteiger partial charge in [-0.25, -0.2) is 4.79 Å². The molecule has 2 rings (SSSR count). The first-order valence-electron chi connectivity index (χ1n) is 5.00. The Morgan fingerprint density at radius 2 is 2.18 bits per heavy atom. The molecule has 90 valence electrons. The number of carboxylic acid groups (broad SMARTS) is 1. The molecule has 1 unspecified atom stereocenters. The van der Waals surface area contributed by atoms with Crippen LogP contribution in [-0.4, -0.2) is 34.0 Å². The number of benzene rings is 1. The third-order valence-electron chi connectivity index (χ3n) is 2.61. The summed E-state index contributed by atoms with van der Waals surface area (Å²) in [6, 6.07) is 4.25. The summed E-state index contributed by atoms with van der Waals surface area (Å²) in [7, 11) is 0. The molecule has 1 saturated heterocycles. The Labute approximate surface area is 102 Å². The van der Waals surface area contributed by atoms with Crippen LogP contribution >= 0.6 is 11.6 Å². The minimum absolute atomic E-state index is 0.193. The molecule has 1 aliphatic rings. The number of hydrogen-bond donors (Lipinski definition) is 2. The van der Waals surface area contributed by atoms with E-state index < -0.39 is 11.7 Å². The van der Waals surface area contributed by atoms with Crippen molar-refractivity contribution in [1.29, 1.82) is 0 Å². The molecule has 0 aromatic heterocycles. The van der Waals surface area contributed by atoms with Gasteiger partial charge in [-0.1, -0.05) is 6.07 Å². The fourth-order valence-corrected chi connectivity index (χ4v) is 2.09. The summed E-state index contributed by atoms with van der Waals surface area (Å²) >= 11 is 5.85. The zero-order valence-corrected chi connectivity index (χ0v) is 9.52. The predicted molar refractivity (Wildman–Crippen MR) is 61.7 cm³/mol. The van der Waals surface area contributed by atoms with Crippen LogP contribution < -0.4 is 4.90 Å². The Balaban J connectivity index is 2.43. The molecule has 0 bridgehead atoms. The van der Waals surface area contributed by atoms with Gasteiger partial charge in [0.15, 0.2) is 5.75 Å². The van der Waals surface area contributed by atoms with Gasteiger partial charge in [-0.2, -0.15) is 0 Å². The van der Waals surface area contributed by atoms with E-state index in [1.54, 1.807) is 0 Å². The van der Waals surface area contributed by atoms with Crippen molar-refractivity contribution in [3.63, 3.8) is 0 Å². The van der Waals surface area contributed by atoms with Gasteiger partial charge in [0.25, 0.3) is 0 Å². The van der Waals surface area contributed by atoms with Gasteiger partial charge in [-0.15, -0.1) is 11.6 Å². The SMILES string of the molecule is O=C(O)c1cccc(N2CC(Cl)CC2=O)c1O. The maximum atomic E-state index is 11.6. The molecule has 0 radical (unpaired) electrons. The van der Waals surface area contributed by atoms with Crippen LogP contribution in [0.15, 0.2) is 18.2 Å². The third-order valence-corrected chi connectivity index (χ3v) is 2.91. The van der Waals surface area contributed by atoms with Crippen LogP contribution in [-0.2, 0) is 4.79 Å². The average Bonchev–Trinajstić information content (AvgIpc) is 2.57. The van der Waals surface area contributed by atoms with E-state index in [-0.39, 0.29) is 35.5 Å². The highest BCUT2D eigenvalue weighted by Gasteiger charge is 2.31. The van der Waals surface area contributed by atoms with E-state index in [0.717, 1.165) is 0 Å². The van der Waals surface area contributed by atoms with Crippen LogP contribution in [0.1, 0.15) is 16.8 Å². The van der Waals surface area contributed by atoms with Gasteiger partial charge in [0.2, 0.25) is 5.91 Å². The zero-order chi connectivity index (χ0) is 12.6. The predicted octanol–water partition coefficient (Wildman–Crippen LogP) is 1.43. The maximum Gasteiger partial charge on any atom is 0.339 e. The lowest BCUT2D eigenvalue weighted by Crippen LogP contribution is -2.25. The molecular formula is C11H10ClNO4. The molecule has 1 aromatic carbocycles. The van der Waals surface area contributed by atoms with Crippen molar-refractivity contribution in [3.8, 4) is 5.75 Å². The Bertz CT molecular complexity index is 488. The molecule has 1 amide bonds. The van der Waals surface area contributed by atoms with Gasteiger partial charge >= 0.3 is 5.97 Å². The van der Waals surface area contributed by atoms with E-state index in [0.29, 0.717) is 0 Å². The summed E-state index contributed by atoms with van der Waals surface area (Å²) < 4.78 is 0. The number of halogens is 1. The number of rotatable bonds is 2. The minimum Gasteiger partial charge on any atom is -0.505 e. The number of carbonyl (C=O) groups excluding carboxylic acids is 1. The highest BCUT2D eigenvalue weighted by Crippen LogP contribution is 2.34. The smallest absolute Gasteiger partial charge is 0.339 e. The van der Waals surface area contributed by atoms with Crippen LogP contribution in [0.4, 0.5) is 5.69 Å². The highest BCUT2D eigenvalue weighted by molar-refractivity contribution is 6.24. The normalized spacial score (nSPS) is 19.7. The Morgan fingerprint density at radius 3 is 2.71 bits per heavy atom. The van der Waals surface area contributed by atoms with E-state index >= 15 is 0 Å². The lowest BCUT2D eigenvalue weighted by Gasteiger charge is -2.18. The molecule has 0 saturated carbocycles. The highest BCUT2D eigenvalue weighted by atomic mass is 35.5. The lowest BCUT2D eigenvalue weighted by molar-refractivity contribution is -0.117. The molecule has 5 nitrogen and oxygen atoms in total. The number of nitrogens with zero attached hydrogens (tertiary/aromatic N) is 1. The van der Waals surface area contributed by atoms with Crippen molar-refractivity contribution in [2.75, 3.05) is 11.4 Å². The lowest BCUT2D eigenvalue weighted by atomic mass is 10.1. The maximum absolute atomic E-state index is 11.6. The van der Waals surface area contributed by atoms with Gasteiger partial charge in [-0.3, -0.25) is 4.79 Å². The fourth-order valence-electron chi connectivity index (χ4n) is 1.82. The summed E-state index contributed by atoms with van der Waals surface area (Å²) in [4.78, 5) is 23.8. The van der Waals surface area contributed by atoms with Crippen molar-refractivity contribution < 1.29 is 19.8 Å². The molecule has 1 heterocycles. The molecule has 2 N–H and O–H groups in total. The van der Waals surface area contributed by atoms with Crippen LogP contribution in [0.25, 0.3) is 0 Å². The number of anilines is 1. The van der Waals surface area contributed by atoms with E-state index in [1.807, 2.05) is 0 Å². The standard InChI is InChI=1S/C11H10ClNO4/c12-6-4-9(14)13(5-6)8-3-1-2-7(10(8)15)11(16)17/h1-3,6,15H,4-5H2,(H,16,17). The Hall–Kier alpha value is -1.75. The molecule has 0 aliphatic carbocycles.